The Morgan fingerprint density at radius 1 is 1.50 bits per heavy atom. The largest absolute Gasteiger partial charge is 0.481 e. The van der Waals surface area contributed by atoms with Crippen molar-refractivity contribution in [1.82, 2.24) is 0 Å². The van der Waals surface area contributed by atoms with E-state index < -0.39 is 11.4 Å². The Hall–Kier alpha value is -1.51. The van der Waals surface area contributed by atoms with Crippen LogP contribution in [0.4, 0.5) is 5.69 Å². The van der Waals surface area contributed by atoms with Gasteiger partial charge in [-0.05, 0) is 49.9 Å². The quantitative estimate of drug-likeness (QED) is 0.751. The fourth-order valence-corrected chi connectivity index (χ4v) is 2.54. The lowest BCUT2D eigenvalue weighted by Gasteiger charge is -2.27. The van der Waals surface area contributed by atoms with Crippen LogP contribution in [0.5, 0.6) is 0 Å². The number of nitrogens with two attached hydrogens (primary N) is 1. The molecule has 0 saturated heterocycles. The maximum absolute atomic E-state index is 11.3. The number of carbonyl (C=O) groups is 1. The Balaban J connectivity index is 2.41. The second-order valence-electron chi connectivity index (χ2n) is 5.08. The number of aryl methyl sites for hydroxylation is 1. The van der Waals surface area contributed by atoms with E-state index in [4.69, 9.17) is 5.73 Å². The van der Waals surface area contributed by atoms with E-state index in [0.717, 1.165) is 24.1 Å². The molecule has 0 saturated carbocycles. The van der Waals surface area contributed by atoms with Gasteiger partial charge in [-0.25, -0.2) is 0 Å². The monoisotopic (exact) mass is 219 g/mol. The first-order valence-corrected chi connectivity index (χ1v) is 5.54. The van der Waals surface area contributed by atoms with Crippen molar-refractivity contribution in [2.24, 2.45) is 5.41 Å². The summed E-state index contributed by atoms with van der Waals surface area (Å²) in [5, 5.41) is 9.26. The topological polar surface area (TPSA) is 63.3 Å². The van der Waals surface area contributed by atoms with Gasteiger partial charge in [0.05, 0.1) is 5.41 Å². The van der Waals surface area contributed by atoms with E-state index in [1.54, 1.807) is 13.8 Å². The summed E-state index contributed by atoms with van der Waals surface area (Å²) in [5.41, 5.74) is 8.14. The molecular formula is C13H17NO2. The second kappa shape index (κ2) is 3.51. The summed E-state index contributed by atoms with van der Waals surface area (Å²) >= 11 is 0. The number of rotatable bonds is 2. The van der Waals surface area contributed by atoms with Crippen LogP contribution in [-0.2, 0) is 11.2 Å². The van der Waals surface area contributed by atoms with Gasteiger partial charge in [0.15, 0.2) is 0 Å². The molecule has 2 rings (SSSR count). The Morgan fingerprint density at radius 2 is 2.19 bits per heavy atom. The lowest BCUT2D eigenvalue weighted by molar-refractivity contribution is -0.148. The normalized spacial score (nSPS) is 19.5. The minimum Gasteiger partial charge on any atom is -0.481 e. The molecule has 0 aromatic heterocycles. The van der Waals surface area contributed by atoms with E-state index in [2.05, 4.69) is 0 Å². The number of benzene rings is 1. The van der Waals surface area contributed by atoms with E-state index >= 15 is 0 Å². The highest BCUT2D eigenvalue weighted by Gasteiger charge is 2.40. The van der Waals surface area contributed by atoms with E-state index in [0.29, 0.717) is 0 Å². The minimum atomic E-state index is -0.734. The molecular weight excluding hydrogens is 202 g/mol. The third kappa shape index (κ3) is 1.56. The smallest absolute Gasteiger partial charge is 0.309 e. The Morgan fingerprint density at radius 3 is 2.81 bits per heavy atom. The molecule has 0 amide bonds. The van der Waals surface area contributed by atoms with Crippen LogP contribution in [0, 0.1) is 5.41 Å². The minimum absolute atomic E-state index is 0.0978. The molecule has 0 radical (unpaired) electrons. The van der Waals surface area contributed by atoms with Crippen LogP contribution in [0.1, 0.15) is 37.3 Å². The zero-order chi connectivity index (χ0) is 11.9. The number of hydrogen-bond acceptors (Lipinski definition) is 2. The average molecular weight is 219 g/mol. The van der Waals surface area contributed by atoms with E-state index in [1.807, 2.05) is 18.2 Å². The molecule has 1 atom stereocenters. The Kier molecular flexibility index (Phi) is 2.41. The molecule has 1 aliphatic carbocycles. The van der Waals surface area contributed by atoms with Crippen molar-refractivity contribution in [3.8, 4) is 0 Å². The molecule has 0 spiro atoms. The number of anilines is 1. The van der Waals surface area contributed by atoms with Gasteiger partial charge in [0.25, 0.3) is 0 Å². The fourth-order valence-electron chi connectivity index (χ4n) is 2.54. The van der Waals surface area contributed by atoms with Crippen LogP contribution in [0.25, 0.3) is 0 Å². The molecule has 16 heavy (non-hydrogen) atoms. The summed E-state index contributed by atoms with van der Waals surface area (Å²) in [5.74, 6) is -0.636. The molecule has 3 nitrogen and oxygen atoms in total. The van der Waals surface area contributed by atoms with Crippen LogP contribution in [0.2, 0.25) is 0 Å². The van der Waals surface area contributed by atoms with Crippen LogP contribution < -0.4 is 5.73 Å². The number of aliphatic carboxylic acids is 1. The summed E-state index contributed by atoms with van der Waals surface area (Å²) < 4.78 is 0. The molecule has 1 aromatic carbocycles. The molecule has 0 bridgehead atoms. The first-order valence-electron chi connectivity index (χ1n) is 5.54. The van der Waals surface area contributed by atoms with Gasteiger partial charge in [-0.3, -0.25) is 4.79 Å². The number of nitrogen functional groups attached to an aromatic ring is 1. The van der Waals surface area contributed by atoms with Crippen molar-refractivity contribution >= 4 is 11.7 Å². The highest BCUT2D eigenvalue weighted by atomic mass is 16.4. The average Bonchev–Trinajstić information content (AvgIpc) is 2.60. The predicted molar refractivity (Wildman–Crippen MR) is 63.3 cm³/mol. The number of carboxylic acid groups (broad SMARTS) is 1. The second-order valence-corrected chi connectivity index (χ2v) is 5.08. The van der Waals surface area contributed by atoms with Crippen molar-refractivity contribution in [2.45, 2.75) is 32.6 Å². The van der Waals surface area contributed by atoms with Crippen LogP contribution in [0.15, 0.2) is 18.2 Å². The van der Waals surface area contributed by atoms with E-state index in [1.165, 1.54) is 5.56 Å². The van der Waals surface area contributed by atoms with Crippen molar-refractivity contribution < 1.29 is 9.90 Å². The van der Waals surface area contributed by atoms with E-state index in [-0.39, 0.29) is 5.92 Å². The SMILES string of the molecule is CC(C)(C(=O)O)C1CCc2cc(N)ccc21. The van der Waals surface area contributed by atoms with Gasteiger partial charge >= 0.3 is 5.97 Å². The van der Waals surface area contributed by atoms with Gasteiger partial charge < -0.3 is 10.8 Å². The zero-order valence-electron chi connectivity index (χ0n) is 9.66. The summed E-state index contributed by atoms with van der Waals surface area (Å²) in [4.78, 5) is 11.3. The summed E-state index contributed by atoms with van der Waals surface area (Å²) in [6.07, 6.45) is 1.83. The molecule has 0 heterocycles. The van der Waals surface area contributed by atoms with Crippen molar-refractivity contribution in [1.29, 1.82) is 0 Å². The molecule has 3 N–H and O–H groups in total. The number of fused-ring (bicyclic) bond motifs is 1. The highest BCUT2D eigenvalue weighted by molar-refractivity contribution is 5.75. The molecule has 86 valence electrons. The molecule has 0 fully saturated rings. The number of hydrogen-bond donors (Lipinski definition) is 2. The maximum Gasteiger partial charge on any atom is 0.309 e. The standard InChI is InChI=1S/C13H17NO2/c1-13(2,12(15)16)11-6-3-8-7-9(14)4-5-10(8)11/h4-5,7,11H,3,6,14H2,1-2H3,(H,15,16). The van der Waals surface area contributed by atoms with Gasteiger partial charge in [-0.15, -0.1) is 0 Å². The number of carboxylic acids is 1. The summed E-state index contributed by atoms with van der Waals surface area (Å²) in [6.45, 7) is 3.59. The van der Waals surface area contributed by atoms with Crippen LogP contribution in [-0.4, -0.2) is 11.1 Å². The van der Waals surface area contributed by atoms with Crippen molar-refractivity contribution in [3.63, 3.8) is 0 Å². The van der Waals surface area contributed by atoms with Crippen LogP contribution >= 0.6 is 0 Å². The van der Waals surface area contributed by atoms with Gasteiger partial charge in [-0.2, -0.15) is 0 Å². The highest BCUT2D eigenvalue weighted by Crippen LogP contribution is 2.45. The third-order valence-electron chi connectivity index (χ3n) is 3.67. The molecule has 1 unspecified atom stereocenters. The summed E-state index contributed by atoms with van der Waals surface area (Å²) in [7, 11) is 0. The molecule has 1 aromatic rings. The maximum atomic E-state index is 11.3. The molecule has 3 heteroatoms. The van der Waals surface area contributed by atoms with Gasteiger partial charge in [-0.1, -0.05) is 6.07 Å². The third-order valence-corrected chi connectivity index (χ3v) is 3.67. The Labute approximate surface area is 95.3 Å². The first kappa shape index (κ1) is 11.0. The van der Waals surface area contributed by atoms with Gasteiger partial charge in [0.1, 0.15) is 0 Å². The van der Waals surface area contributed by atoms with Crippen molar-refractivity contribution in [2.75, 3.05) is 5.73 Å². The lowest BCUT2D eigenvalue weighted by Crippen LogP contribution is -2.30. The fraction of sp³-hybridized carbons (Fsp3) is 0.462. The first-order chi connectivity index (χ1) is 7.43. The van der Waals surface area contributed by atoms with Crippen LogP contribution in [0.3, 0.4) is 0 Å². The van der Waals surface area contributed by atoms with Gasteiger partial charge in [0.2, 0.25) is 0 Å². The van der Waals surface area contributed by atoms with E-state index in [9.17, 15) is 9.90 Å². The summed E-state index contributed by atoms with van der Waals surface area (Å²) in [6, 6.07) is 5.80. The van der Waals surface area contributed by atoms with Crippen molar-refractivity contribution in [3.05, 3.63) is 29.3 Å². The molecule has 1 aliphatic rings. The molecule has 0 aliphatic heterocycles. The lowest BCUT2D eigenvalue weighted by atomic mass is 9.75. The van der Waals surface area contributed by atoms with Gasteiger partial charge in [0, 0.05) is 11.6 Å². The zero-order valence-corrected chi connectivity index (χ0v) is 9.66. The predicted octanol–water partition coefficient (Wildman–Crippen LogP) is 2.41. The Bertz CT molecular complexity index is 438.